The number of carbonyl (C=O) groups is 1. The summed E-state index contributed by atoms with van der Waals surface area (Å²) >= 11 is 0. The predicted octanol–water partition coefficient (Wildman–Crippen LogP) is 4.57. The number of ether oxygens (including phenoxy) is 1. The third-order valence-electron chi connectivity index (χ3n) is 4.82. The summed E-state index contributed by atoms with van der Waals surface area (Å²) in [6.07, 6.45) is 1.92. The van der Waals surface area contributed by atoms with Crippen molar-refractivity contribution in [2.45, 2.75) is 46.8 Å². The minimum atomic E-state index is 0.129. The summed E-state index contributed by atoms with van der Waals surface area (Å²) in [5.74, 6) is 1.74. The Morgan fingerprint density at radius 2 is 1.71 bits per heavy atom. The molecule has 1 amide bonds. The van der Waals surface area contributed by atoms with E-state index in [2.05, 4.69) is 13.8 Å². The molecule has 1 heterocycles. The van der Waals surface area contributed by atoms with Crippen molar-refractivity contribution in [3.8, 4) is 5.75 Å². The number of imidazole rings is 1. The van der Waals surface area contributed by atoms with Crippen molar-refractivity contribution < 1.29 is 9.53 Å². The van der Waals surface area contributed by atoms with Crippen LogP contribution < -0.4 is 4.74 Å². The van der Waals surface area contributed by atoms with Gasteiger partial charge in [0.15, 0.2) is 0 Å². The molecule has 0 aliphatic rings. The van der Waals surface area contributed by atoms with Gasteiger partial charge >= 0.3 is 0 Å². The number of hydrogen-bond acceptors (Lipinski definition) is 3. The first kappa shape index (κ1) is 19.9. The highest BCUT2D eigenvalue weighted by atomic mass is 16.5. The summed E-state index contributed by atoms with van der Waals surface area (Å²) in [5.41, 5.74) is 2.93. The van der Waals surface area contributed by atoms with E-state index in [0.717, 1.165) is 54.1 Å². The normalized spacial score (nSPS) is 11.0. The molecule has 3 rings (SSSR count). The number of amides is 1. The first-order valence-electron chi connectivity index (χ1n) is 10.0. The van der Waals surface area contributed by atoms with Gasteiger partial charge in [-0.25, -0.2) is 4.98 Å². The summed E-state index contributed by atoms with van der Waals surface area (Å²) < 4.78 is 8.02. The summed E-state index contributed by atoms with van der Waals surface area (Å²) in [5, 5.41) is 0. The molecular formula is C23H29N3O2. The van der Waals surface area contributed by atoms with Gasteiger partial charge in [-0.05, 0) is 43.5 Å². The molecule has 0 fully saturated rings. The zero-order valence-electron chi connectivity index (χ0n) is 17.0. The van der Waals surface area contributed by atoms with Gasteiger partial charge in [-0.2, -0.15) is 0 Å². The molecule has 148 valence electrons. The van der Waals surface area contributed by atoms with Crippen LogP contribution in [0.4, 0.5) is 0 Å². The van der Waals surface area contributed by atoms with Crippen molar-refractivity contribution in [1.29, 1.82) is 0 Å². The number of benzene rings is 2. The van der Waals surface area contributed by atoms with Gasteiger partial charge in [-0.15, -0.1) is 0 Å². The Kier molecular flexibility index (Phi) is 6.69. The first-order chi connectivity index (χ1) is 13.6. The smallest absolute Gasteiger partial charge is 0.242 e. The minimum Gasteiger partial charge on any atom is -0.485 e. The van der Waals surface area contributed by atoms with Crippen LogP contribution in [-0.2, 0) is 17.9 Å². The van der Waals surface area contributed by atoms with Gasteiger partial charge in [0.1, 0.15) is 24.7 Å². The van der Waals surface area contributed by atoms with E-state index >= 15 is 0 Å². The zero-order chi connectivity index (χ0) is 19.9. The molecule has 0 N–H and O–H groups in total. The number of hydrogen-bond donors (Lipinski definition) is 0. The van der Waals surface area contributed by atoms with Crippen LogP contribution in [-0.4, -0.2) is 33.4 Å². The maximum atomic E-state index is 13.0. The maximum Gasteiger partial charge on any atom is 0.242 e. The van der Waals surface area contributed by atoms with E-state index in [1.165, 1.54) is 0 Å². The van der Waals surface area contributed by atoms with Crippen LogP contribution in [0.25, 0.3) is 11.0 Å². The highest BCUT2D eigenvalue weighted by molar-refractivity contribution is 5.81. The number of para-hydroxylation sites is 3. The van der Waals surface area contributed by atoms with Gasteiger partial charge < -0.3 is 14.2 Å². The third-order valence-corrected chi connectivity index (χ3v) is 4.82. The average molecular weight is 380 g/mol. The molecule has 0 saturated carbocycles. The molecule has 0 spiro atoms. The lowest BCUT2D eigenvalue weighted by atomic mass is 10.2. The van der Waals surface area contributed by atoms with Crippen molar-refractivity contribution in [2.75, 3.05) is 13.1 Å². The molecule has 1 aromatic heterocycles. The molecule has 5 heteroatoms. The quantitative estimate of drug-likeness (QED) is 0.547. The molecule has 2 aromatic carbocycles. The van der Waals surface area contributed by atoms with Crippen molar-refractivity contribution in [1.82, 2.24) is 14.5 Å². The second-order valence-corrected chi connectivity index (χ2v) is 7.04. The van der Waals surface area contributed by atoms with Gasteiger partial charge in [-0.3, -0.25) is 4.79 Å². The third kappa shape index (κ3) is 4.53. The molecule has 0 radical (unpaired) electrons. The molecule has 0 unspecified atom stereocenters. The molecule has 0 bridgehead atoms. The average Bonchev–Trinajstić information content (AvgIpc) is 3.04. The first-order valence-corrected chi connectivity index (χ1v) is 10.0. The standard InChI is InChI=1S/C23H29N3O2/c1-4-14-25(15-5-2)23(27)16-26-20-12-8-7-11-19(20)24-22(26)17-28-21-13-9-6-10-18(21)3/h6-13H,4-5,14-17H2,1-3H3. The van der Waals surface area contributed by atoms with Crippen LogP contribution in [0.3, 0.4) is 0 Å². The van der Waals surface area contributed by atoms with Gasteiger partial charge in [0.2, 0.25) is 5.91 Å². The topological polar surface area (TPSA) is 47.4 Å². The molecule has 0 aliphatic heterocycles. The van der Waals surface area contributed by atoms with Crippen molar-refractivity contribution in [3.63, 3.8) is 0 Å². The van der Waals surface area contributed by atoms with E-state index in [-0.39, 0.29) is 12.5 Å². The number of fused-ring (bicyclic) bond motifs is 1. The Morgan fingerprint density at radius 3 is 2.43 bits per heavy atom. The Bertz CT molecular complexity index is 926. The van der Waals surface area contributed by atoms with Crippen LogP contribution in [0.2, 0.25) is 0 Å². The van der Waals surface area contributed by atoms with Crippen LogP contribution in [0, 0.1) is 6.92 Å². The largest absolute Gasteiger partial charge is 0.485 e. The van der Waals surface area contributed by atoms with Gasteiger partial charge in [0.05, 0.1) is 11.0 Å². The van der Waals surface area contributed by atoms with Crippen LogP contribution in [0.5, 0.6) is 5.75 Å². The molecule has 3 aromatic rings. The van der Waals surface area contributed by atoms with Crippen molar-refractivity contribution in [3.05, 3.63) is 59.9 Å². The number of nitrogens with zero attached hydrogens (tertiary/aromatic N) is 3. The van der Waals surface area contributed by atoms with Gasteiger partial charge in [-0.1, -0.05) is 44.2 Å². The Morgan fingerprint density at radius 1 is 1.04 bits per heavy atom. The van der Waals surface area contributed by atoms with E-state index in [4.69, 9.17) is 9.72 Å². The summed E-state index contributed by atoms with van der Waals surface area (Å²) in [7, 11) is 0. The highest BCUT2D eigenvalue weighted by Gasteiger charge is 2.18. The fraction of sp³-hybridized carbons (Fsp3) is 0.391. The molecular weight excluding hydrogens is 350 g/mol. The van der Waals surface area contributed by atoms with Crippen LogP contribution >= 0.6 is 0 Å². The molecule has 28 heavy (non-hydrogen) atoms. The van der Waals surface area contributed by atoms with Crippen LogP contribution in [0.15, 0.2) is 48.5 Å². The second kappa shape index (κ2) is 9.40. The van der Waals surface area contributed by atoms with Gasteiger partial charge in [0, 0.05) is 13.1 Å². The highest BCUT2D eigenvalue weighted by Crippen LogP contribution is 2.21. The summed E-state index contributed by atoms with van der Waals surface area (Å²) in [6, 6.07) is 15.9. The minimum absolute atomic E-state index is 0.129. The maximum absolute atomic E-state index is 13.0. The van der Waals surface area contributed by atoms with E-state index in [0.29, 0.717) is 6.61 Å². The fourth-order valence-electron chi connectivity index (χ4n) is 3.41. The summed E-state index contributed by atoms with van der Waals surface area (Å²) in [4.78, 5) is 19.6. The lowest BCUT2D eigenvalue weighted by molar-refractivity contribution is -0.131. The SMILES string of the molecule is CCCN(CCC)C(=O)Cn1c(COc2ccccc2C)nc2ccccc21. The Labute approximate surface area is 166 Å². The number of carbonyl (C=O) groups excluding carboxylic acids is 1. The lowest BCUT2D eigenvalue weighted by Gasteiger charge is -2.22. The van der Waals surface area contributed by atoms with E-state index in [1.54, 1.807) is 0 Å². The van der Waals surface area contributed by atoms with E-state index < -0.39 is 0 Å². The second-order valence-electron chi connectivity index (χ2n) is 7.04. The Balaban J connectivity index is 1.86. The summed E-state index contributed by atoms with van der Waals surface area (Å²) in [6.45, 7) is 8.41. The van der Waals surface area contributed by atoms with Crippen molar-refractivity contribution in [2.24, 2.45) is 0 Å². The fourth-order valence-corrected chi connectivity index (χ4v) is 3.41. The Hall–Kier alpha value is -2.82. The molecule has 0 aliphatic carbocycles. The zero-order valence-corrected chi connectivity index (χ0v) is 17.0. The predicted molar refractivity (Wildman–Crippen MR) is 112 cm³/mol. The van der Waals surface area contributed by atoms with E-state index in [1.807, 2.05) is 64.9 Å². The number of rotatable bonds is 9. The number of aromatic nitrogens is 2. The van der Waals surface area contributed by atoms with Crippen molar-refractivity contribution >= 4 is 16.9 Å². The van der Waals surface area contributed by atoms with E-state index in [9.17, 15) is 4.79 Å². The lowest BCUT2D eigenvalue weighted by Crippen LogP contribution is -2.35. The monoisotopic (exact) mass is 379 g/mol. The number of aryl methyl sites for hydroxylation is 1. The van der Waals surface area contributed by atoms with Gasteiger partial charge in [0.25, 0.3) is 0 Å². The molecule has 0 atom stereocenters. The molecule has 5 nitrogen and oxygen atoms in total. The molecule has 0 saturated heterocycles. The van der Waals surface area contributed by atoms with Crippen LogP contribution in [0.1, 0.15) is 38.1 Å².